The van der Waals surface area contributed by atoms with Gasteiger partial charge in [-0.05, 0) is 42.5 Å². The maximum Gasteiger partial charge on any atom is 0.251 e. The average Bonchev–Trinajstić information content (AvgIpc) is 2.81. The van der Waals surface area contributed by atoms with Gasteiger partial charge in [-0.3, -0.25) is 19.2 Å². The molecule has 0 unspecified atom stereocenters. The van der Waals surface area contributed by atoms with Crippen LogP contribution in [0.1, 0.15) is 67.7 Å². The molecule has 2 aromatic carbocycles. The molecule has 2 atom stereocenters. The van der Waals surface area contributed by atoms with Crippen molar-refractivity contribution in [1.29, 1.82) is 0 Å². The molecule has 2 aromatic rings. The highest BCUT2D eigenvalue weighted by molar-refractivity contribution is 5.99. The molecule has 0 saturated carbocycles. The van der Waals surface area contributed by atoms with Crippen molar-refractivity contribution in [3.8, 4) is 0 Å². The Balaban J connectivity index is 1.91. The summed E-state index contributed by atoms with van der Waals surface area (Å²) in [5.74, 6) is -0.929. The van der Waals surface area contributed by atoms with Crippen molar-refractivity contribution in [2.45, 2.75) is 59.0 Å². The van der Waals surface area contributed by atoms with Gasteiger partial charge in [0.2, 0.25) is 0 Å². The third kappa shape index (κ3) is 7.97. The fourth-order valence-corrected chi connectivity index (χ4v) is 3.61. The van der Waals surface area contributed by atoms with Crippen LogP contribution >= 0.6 is 0 Å². The lowest BCUT2D eigenvalue weighted by atomic mass is 9.93. The van der Waals surface area contributed by atoms with Crippen molar-refractivity contribution in [3.05, 3.63) is 71.8 Å². The Hall–Kier alpha value is -3.28. The van der Waals surface area contributed by atoms with Gasteiger partial charge in [0.1, 0.15) is 0 Å². The van der Waals surface area contributed by atoms with Gasteiger partial charge in [-0.25, -0.2) is 0 Å². The predicted octanol–water partition coefficient (Wildman–Crippen LogP) is 4.20. The summed E-state index contributed by atoms with van der Waals surface area (Å²) in [5, 5.41) is 5.65. The van der Waals surface area contributed by atoms with E-state index in [1.54, 1.807) is 48.5 Å². The van der Waals surface area contributed by atoms with Crippen LogP contribution in [0.3, 0.4) is 0 Å². The summed E-state index contributed by atoms with van der Waals surface area (Å²) in [5.41, 5.74) is 1.00. The van der Waals surface area contributed by atoms with Gasteiger partial charge in [-0.15, -0.1) is 0 Å². The van der Waals surface area contributed by atoms with Gasteiger partial charge in [-0.1, -0.05) is 64.1 Å². The zero-order valence-corrected chi connectivity index (χ0v) is 19.8. The normalized spacial score (nSPS) is 12.8. The van der Waals surface area contributed by atoms with E-state index in [0.29, 0.717) is 17.5 Å². The molecule has 33 heavy (non-hydrogen) atoms. The van der Waals surface area contributed by atoms with Crippen LogP contribution in [0.5, 0.6) is 0 Å². The quantitative estimate of drug-likeness (QED) is 0.507. The lowest BCUT2D eigenvalue weighted by molar-refractivity contribution is -0.123. The van der Waals surface area contributed by atoms with Gasteiger partial charge in [0.05, 0.1) is 12.1 Å². The number of hydrogen-bond donors (Lipinski definition) is 2. The molecular formula is C27H34N2O4. The lowest BCUT2D eigenvalue weighted by Crippen LogP contribution is -2.45. The van der Waals surface area contributed by atoms with Gasteiger partial charge in [0.15, 0.2) is 11.6 Å². The van der Waals surface area contributed by atoms with E-state index < -0.39 is 12.1 Å². The van der Waals surface area contributed by atoms with Gasteiger partial charge >= 0.3 is 0 Å². The molecule has 176 valence electrons. The number of benzene rings is 2. The summed E-state index contributed by atoms with van der Waals surface area (Å²) in [6.07, 6.45) is 0.731. The highest BCUT2D eigenvalue weighted by Crippen LogP contribution is 2.13. The third-order valence-electron chi connectivity index (χ3n) is 5.52. The van der Waals surface area contributed by atoms with E-state index >= 15 is 0 Å². The lowest BCUT2D eigenvalue weighted by Gasteiger charge is -2.23. The monoisotopic (exact) mass is 450 g/mol. The number of amides is 2. The van der Waals surface area contributed by atoms with Crippen molar-refractivity contribution >= 4 is 23.4 Å². The van der Waals surface area contributed by atoms with E-state index in [9.17, 15) is 19.2 Å². The summed E-state index contributed by atoms with van der Waals surface area (Å²) in [7, 11) is 0. The predicted molar refractivity (Wildman–Crippen MR) is 129 cm³/mol. The number of nitrogens with one attached hydrogen (secondary N) is 2. The van der Waals surface area contributed by atoms with Gasteiger partial charge < -0.3 is 10.6 Å². The Kier molecular flexibility index (Phi) is 9.98. The fourth-order valence-electron chi connectivity index (χ4n) is 3.61. The standard InChI is InChI=1S/C27H34N2O4/c1-18(2)24(28-26(32)20-12-7-5-8-13-20)22(30)16-11-17-23(31)25(19(3)4)29-27(33)21-14-9-6-10-15-21/h5-10,12-15,18-19,24-25H,11,16-17H2,1-4H3,(H,28,32)(H,29,33)/t24-,25-/m0/s1. The van der Waals surface area contributed by atoms with Crippen LogP contribution in [0.25, 0.3) is 0 Å². The van der Waals surface area contributed by atoms with Crippen LogP contribution in [-0.2, 0) is 9.59 Å². The highest BCUT2D eigenvalue weighted by atomic mass is 16.2. The number of hydrogen-bond acceptors (Lipinski definition) is 4. The molecule has 0 spiro atoms. The van der Waals surface area contributed by atoms with E-state index in [1.807, 2.05) is 39.8 Å². The number of ketones is 2. The summed E-state index contributed by atoms with van der Waals surface area (Å²) >= 11 is 0. The number of carbonyl (C=O) groups is 4. The minimum Gasteiger partial charge on any atom is -0.342 e. The smallest absolute Gasteiger partial charge is 0.251 e. The molecule has 2 rings (SSSR count). The van der Waals surface area contributed by atoms with E-state index in [2.05, 4.69) is 10.6 Å². The average molecular weight is 451 g/mol. The van der Waals surface area contributed by atoms with Gasteiger partial charge in [0, 0.05) is 24.0 Å². The zero-order valence-electron chi connectivity index (χ0n) is 19.8. The minimum absolute atomic E-state index is 0.0746. The van der Waals surface area contributed by atoms with Gasteiger partial charge in [0.25, 0.3) is 11.8 Å². The minimum atomic E-state index is -0.619. The molecule has 0 aromatic heterocycles. The van der Waals surface area contributed by atoms with Crippen LogP contribution in [0, 0.1) is 11.8 Å². The van der Waals surface area contributed by atoms with E-state index in [0.717, 1.165) is 0 Å². The molecule has 6 heteroatoms. The molecule has 0 saturated heterocycles. The van der Waals surface area contributed by atoms with Crippen LogP contribution in [-0.4, -0.2) is 35.5 Å². The first-order chi connectivity index (χ1) is 15.7. The second-order valence-electron chi connectivity index (χ2n) is 8.91. The Morgan fingerprint density at radius 2 is 0.939 bits per heavy atom. The molecule has 0 aliphatic carbocycles. The molecule has 0 aliphatic heterocycles. The second-order valence-corrected chi connectivity index (χ2v) is 8.91. The van der Waals surface area contributed by atoms with Crippen molar-refractivity contribution < 1.29 is 19.2 Å². The third-order valence-corrected chi connectivity index (χ3v) is 5.52. The SMILES string of the molecule is CC(C)[C@H](NC(=O)c1ccccc1)C(=O)CCCC(=O)[C@@H](NC(=O)c1ccccc1)C(C)C. The number of rotatable bonds is 12. The first-order valence-corrected chi connectivity index (χ1v) is 11.5. The Labute approximate surface area is 196 Å². The maximum atomic E-state index is 12.8. The van der Waals surface area contributed by atoms with Crippen LogP contribution in [0.4, 0.5) is 0 Å². The van der Waals surface area contributed by atoms with Crippen LogP contribution in [0.15, 0.2) is 60.7 Å². The first kappa shape index (κ1) is 26.0. The number of Topliss-reactive ketones (excluding diaryl/α,β-unsaturated/α-hetero) is 2. The Morgan fingerprint density at radius 1 is 0.606 bits per heavy atom. The molecule has 0 heterocycles. The molecule has 0 fully saturated rings. The largest absolute Gasteiger partial charge is 0.342 e. The summed E-state index contributed by atoms with van der Waals surface area (Å²) in [4.78, 5) is 50.6. The molecular weight excluding hydrogens is 416 g/mol. The summed E-state index contributed by atoms with van der Waals surface area (Å²) < 4.78 is 0. The second kappa shape index (κ2) is 12.7. The number of carbonyl (C=O) groups excluding carboxylic acids is 4. The fraction of sp³-hybridized carbons (Fsp3) is 0.407. The van der Waals surface area contributed by atoms with Crippen molar-refractivity contribution in [2.24, 2.45) is 11.8 Å². The molecule has 0 aliphatic rings. The van der Waals surface area contributed by atoms with E-state index in [4.69, 9.17) is 0 Å². The van der Waals surface area contributed by atoms with Crippen molar-refractivity contribution in [2.75, 3.05) is 0 Å². The van der Waals surface area contributed by atoms with Gasteiger partial charge in [-0.2, -0.15) is 0 Å². The zero-order chi connectivity index (χ0) is 24.4. The Bertz CT molecular complexity index is 862. The molecule has 2 N–H and O–H groups in total. The molecule has 6 nitrogen and oxygen atoms in total. The molecule has 2 amide bonds. The van der Waals surface area contributed by atoms with E-state index in [-0.39, 0.29) is 48.1 Å². The van der Waals surface area contributed by atoms with E-state index in [1.165, 1.54) is 0 Å². The topological polar surface area (TPSA) is 92.3 Å². The highest BCUT2D eigenvalue weighted by Gasteiger charge is 2.27. The van der Waals surface area contributed by atoms with Crippen LogP contribution in [0.2, 0.25) is 0 Å². The van der Waals surface area contributed by atoms with Crippen molar-refractivity contribution in [3.63, 3.8) is 0 Å². The molecule has 0 bridgehead atoms. The van der Waals surface area contributed by atoms with Crippen LogP contribution < -0.4 is 10.6 Å². The first-order valence-electron chi connectivity index (χ1n) is 11.5. The van der Waals surface area contributed by atoms with Crippen molar-refractivity contribution in [1.82, 2.24) is 10.6 Å². The summed E-state index contributed by atoms with van der Waals surface area (Å²) in [6.45, 7) is 7.53. The molecule has 0 radical (unpaired) electrons. The Morgan fingerprint density at radius 3 is 1.24 bits per heavy atom. The summed E-state index contributed by atoms with van der Waals surface area (Å²) in [6, 6.07) is 16.3. The maximum absolute atomic E-state index is 12.8.